The van der Waals surface area contributed by atoms with E-state index in [0.29, 0.717) is 0 Å². The van der Waals surface area contributed by atoms with Gasteiger partial charge in [0.25, 0.3) is 0 Å². The van der Waals surface area contributed by atoms with Crippen LogP contribution in [0.1, 0.15) is 31.3 Å². The second-order valence-corrected chi connectivity index (χ2v) is 4.48. The SMILES string of the molecule is Cn1cc(B(O)O)c(C(=O)OC(C)(C)C)n1. The van der Waals surface area contributed by atoms with Gasteiger partial charge in [-0.3, -0.25) is 4.68 Å². The molecule has 0 aromatic carbocycles. The molecule has 7 heteroatoms. The van der Waals surface area contributed by atoms with Gasteiger partial charge in [-0.25, -0.2) is 4.79 Å². The lowest BCUT2D eigenvalue weighted by atomic mass is 9.80. The Morgan fingerprint density at radius 2 is 2.06 bits per heavy atom. The van der Waals surface area contributed by atoms with Crippen LogP contribution in [0, 0.1) is 0 Å². The summed E-state index contributed by atoms with van der Waals surface area (Å²) in [6, 6.07) is 0. The van der Waals surface area contributed by atoms with Gasteiger partial charge in [-0.2, -0.15) is 5.10 Å². The number of rotatable bonds is 2. The van der Waals surface area contributed by atoms with Crippen LogP contribution in [0.5, 0.6) is 0 Å². The molecule has 0 aliphatic heterocycles. The van der Waals surface area contributed by atoms with Crippen LogP contribution in [-0.4, -0.2) is 38.5 Å². The predicted molar refractivity (Wildman–Crippen MR) is 58.2 cm³/mol. The molecule has 0 bridgehead atoms. The van der Waals surface area contributed by atoms with Crippen LogP contribution in [0.15, 0.2) is 6.20 Å². The third-order valence-electron chi connectivity index (χ3n) is 1.73. The first-order valence-corrected chi connectivity index (χ1v) is 4.84. The van der Waals surface area contributed by atoms with E-state index in [9.17, 15) is 4.79 Å². The average Bonchev–Trinajstić information content (AvgIpc) is 2.44. The molecule has 1 aromatic rings. The van der Waals surface area contributed by atoms with Gasteiger partial charge in [-0.15, -0.1) is 0 Å². The third-order valence-corrected chi connectivity index (χ3v) is 1.73. The quantitative estimate of drug-likeness (QED) is 0.502. The average molecular weight is 226 g/mol. The number of hydrogen-bond acceptors (Lipinski definition) is 5. The number of ether oxygens (including phenoxy) is 1. The Balaban J connectivity index is 2.99. The fourth-order valence-corrected chi connectivity index (χ4v) is 1.18. The maximum atomic E-state index is 11.7. The van der Waals surface area contributed by atoms with Gasteiger partial charge in [0.2, 0.25) is 0 Å². The van der Waals surface area contributed by atoms with Crippen molar-refractivity contribution in [1.29, 1.82) is 0 Å². The van der Waals surface area contributed by atoms with Gasteiger partial charge in [-0.1, -0.05) is 0 Å². The second-order valence-electron chi connectivity index (χ2n) is 4.48. The van der Waals surface area contributed by atoms with Gasteiger partial charge in [-0.05, 0) is 20.8 Å². The molecular formula is C9H15BN2O4. The Morgan fingerprint density at radius 1 is 1.50 bits per heavy atom. The van der Waals surface area contributed by atoms with E-state index in [1.165, 1.54) is 10.9 Å². The molecule has 0 aliphatic rings. The molecule has 0 saturated heterocycles. The topological polar surface area (TPSA) is 84.6 Å². The van der Waals surface area contributed by atoms with Crippen LogP contribution in [0.25, 0.3) is 0 Å². The summed E-state index contributed by atoms with van der Waals surface area (Å²) in [5.41, 5.74) is -0.684. The lowest BCUT2D eigenvalue weighted by Gasteiger charge is -2.18. The molecular weight excluding hydrogens is 211 g/mol. The summed E-state index contributed by atoms with van der Waals surface area (Å²) in [7, 11) is -0.157. The minimum atomic E-state index is -1.74. The Hall–Kier alpha value is -1.34. The smallest absolute Gasteiger partial charge is 0.455 e. The molecule has 2 N–H and O–H groups in total. The largest absolute Gasteiger partial charge is 0.492 e. The highest BCUT2D eigenvalue weighted by atomic mass is 16.6. The summed E-state index contributed by atoms with van der Waals surface area (Å²) in [6.07, 6.45) is 1.36. The van der Waals surface area contributed by atoms with Crippen molar-refractivity contribution in [2.75, 3.05) is 0 Å². The summed E-state index contributed by atoms with van der Waals surface area (Å²) in [4.78, 5) is 11.7. The van der Waals surface area contributed by atoms with Crippen molar-refractivity contribution >= 4 is 18.6 Å². The summed E-state index contributed by atoms with van der Waals surface area (Å²) in [6.45, 7) is 5.18. The van der Waals surface area contributed by atoms with E-state index in [-0.39, 0.29) is 11.2 Å². The molecule has 0 fully saturated rings. The number of carbonyl (C=O) groups is 1. The van der Waals surface area contributed by atoms with E-state index >= 15 is 0 Å². The molecule has 0 radical (unpaired) electrons. The Morgan fingerprint density at radius 3 is 2.50 bits per heavy atom. The van der Waals surface area contributed by atoms with Crippen molar-refractivity contribution < 1.29 is 19.6 Å². The van der Waals surface area contributed by atoms with Gasteiger partial charge in [0.05, 0.1) is 0 Å². The lowest BCUT2D eigenvalue weighted by Crippen LogP contribution is -2.35. The number of nitrogens with zero attached hydrogens (tertiary/aromatic N) is 2. The van der Waals surface area contributed by atoms with Crippen LogP contribution in [0.3, 0.4) is 0 Å². The summed E-state index contributed by atoms with van der Waals surface area (Å²) in [5, 5.41) is 22.0. The van der Waals surface area contributed by atoms with Gasteiger partial charge in [0, 0.05) is 18.7 Å². The predicted octanol–water partition coefficient (Wildman–Crippen LogP) is -0.945. The first kappa shape index (κ1) is 12.7. The van der Waals surface area contributed by atoms with Gasteiger partial charge in [0.1, 0.15) is 5.60 Å². The monoisotopic (exact) mass is 226 g/mol. The molecule has 0 unspecified atom stereocenters. The fraction of sp³-hybridized carbons (Fsp3) is 0.556. The van der Waals surface area contributed by atoms with E-state index in [1.807, 2.05) is 0 Å². The van der Waals surface area contributed by atoms with Crippen molar-refractivity contribution in [1.82, 2.24) is 9.78 Å². The summed E-state index contributed by atoms with van der Waals surface area (Å²) >= 11 is 0. The molecule has 0 saturated carbocycles. The van der Waals surface area contributed by atoms with E-state index in [1.54, 1.807) is 27.8 Å². The van der Waals surface area contributed by atoms with Crippen molar-refractivity contribution in [2.24, 2.45) is 7.05 Å². The molecule has 1 aromatic heterocycles. The van der Waals surface area contributed by atoms with Crippen molar-refractivity contribution in [2.45, 2.75) is 26.4 Å². The van der Waals surface area contributed by atoms with Gasteiger partial charge < -0.3 is 14.8 Å². The van der Waals surface area contributed by atoms with E-state index < -0.39 is 18.7 Å². The second kappa shape index (κ2) is 4.27. The molecule has 1 rings (SSSR count). The van der Waals surface area contributed by atoms with Crippen LogP contribution < -0.4 is 5.46 Å². The third kappa shape index (κ3) is 3.08. The van der Waals surface area contributed by atoms with E-state index in [4.69, 9.17) is 14.8 Å². The molecule has 0 atom stereocenters. The number of esters is 1. The maximum Gasteiger partial charge on any atom is 0.492 e. The van der Waals surface area contributed by atoms with Crippen molar-refractivity contribution in [3.05, 3.63) is 11.9 Å². The minimum Gasteiger partial charge on any atom is -0.455 e. The zero-order valence-electron chi connectivity index (χ0n) is 9.76. The molecule has 16 heavy (non-hydrogen) atoms. The standard InChI is InChI=1S/C9H15BN2O4/c1-9(2,3)16-8(13)7-6(10(14)15)5-12(4)11-7/h5,14-15H,1-4H3. The normalized spacial score (nSPS) is 11.4. The van der Waals surface area contributed by atoms with E-state index in [0.717, 1.165) is 0 Å². The van der Waals surface area contributed by atoms with Crippen molar-refractivity contribution in [3.8, 4) is 0 Å². The van der Waals surface area contributed by atoms with Crippen LogP contribution in [0.2, 0.25) is 0 Å². The maximum absolute atomic E-state index is 11.7. The van der Waals surface area contributed by atoms with Crippen molar-refractivity contribution in [3.63, 3.8) is 0 Å². The molecule has 0 amide bonds. The van der Waals surface area contributed by atoms with Crippen LogP contribution in [-0.2, 0) is 11.8 Å². The zero-order chi connectivity index (χ0) is 12.5. The van der Waals surface area contributed by atoms with E-state index in [2.05, 4.69) is 5.10 Å². The van der Waals surface area contributed by atoms with Crippen LogP contribution >= 0.6 is 0 Å². The number of aryl methyl sites for hydroxylation is 1. The Bertz CT molecular complexity index is 395. The number of carbonyl (C=O) groups excluding carboxylic acids is 1. The first-order valence-electron chi connectivity index (χ1n) is 4.84. The summed E-state index contributed by atoms with van der Waals surface area (Å²) in [5.74, 6) is -0.670. The van der Waals surface area contributed by atoms with Crippen LogP contribution in [0.4, 0.5) is 0 Å². The van der Waals surface area contributed by atoms with Gasteiger partial charge in [0.15, 0.2) is 5.69 Å². The highest BCUT2D eigenvalue weighted by Crippen LogP contribution is 2.10. The highest BCUT2D eigenvalue weighted by Gasteiger charge is 2.28. The lowest BCUT2D eigenvalue weighted by molar-refractivity contribution is 0.00631. The van der Waals surface area contributed by atoms with Gasteiger partial charge >= 0.3 is 13.1 Å². The Kier molecular flexibility index (Phi) is 3.40. The fourth-order valence-electron chi connectivity index (χ4n) is 1.18. The minimum absolute atomic E-state index is 0.0387. The Labute approximate surface area is 94.0 Å². The molecule has 0 aliphatic carbocycles. The number of hydrogen-bond donors (Lipinski definition) is 2. The summed E-state index contributed by atoms with van der Waals surface area (Å²) < 4.78 is 6.42. The number of aromatic nitrogens is 2. The molecule has 0 spiro atoms. The highest BCUT2D eigenvalue weighted by molar-refractivity contribution is 6.60. The first-order chi connectivity index (χ1) is 7.20. The zero-order valence-corrected chi connectivity index (χ0v) is 9.76. The molecule has 1 heterocycles. The molecule has 88 valence electrons. The molecule has 6 nitrogen and oxygen atoms in total.